The second-order valence-electron chi connectivity index (χ2n) is 7.21. The summed E-state index contributed by atoms with van der Waals surface area (Å²) in [4.78, 5) is 30.0. The molecule has 1 aromatic carbocycles. The summed E-state index contributed by atoms with van der Waals surface area (Å²) >= 11 is 6.18. The van der Waals surface area contributed by atoms with Gasteiger partial charge in [0.15, 0.2) is 5.78 Å². The van der Waals surface area contributed by atoms with Crippen molar-refractivity contribution in [3.05, 3.63) is 57.4 Å². The Balaban J connectivity index is 1.78. The normalized spacial score (nSPS) is 15.7. The smallest absolute Gasteiger partial charge is 0.268 e. The third-order valence-electron chi connectivity index (χ3n) is 5.29. The number of likely N-dealkylation sites (tertiary alicyclic amines) is 1. The van der Waals surface area contributed by atoms with Crippen molar-refractivity contribution in [2.75, 3.05) is 19.6 Å². The van der Waals surface area contributed by atoms with E-state index < -0.39 is 0 Å². The van der Waals surface area contributed by atoms with Gasteiger partial charge < -0.3 is 10.3 Å². The van der Waals surface area contributed by atoms with E-state index in [0.29, 0.717) is 28.4 Å². The van der Waals surface area contributed by atoms with Crippen molar-refractivity contribution in [2.45, 2.75) is 39.7 Å². The van der Waals surface area contributed by atoms with E-state index >= 15 is 0 Å². The molecular weight excluding hydrogens is 362 g/mol. The number of ketones is 1. The number of Topliss-reactive ketones (excluding diaryl/α,β-unsaturated/α-hetero) is 1. The molecule has 2 heterocycles. The molecule has 1 amide bonds. The van der Waals surface area contributed by atoms with Crippen LogP contribution in [0.4, 0.5) is 0 Å². The standard InChI is InChI=1S/C21H26ClN3O2/c1-13-19(15(3)26)14(2)24-20(13)21(27)23-12-18(25-9-4-5-10-25)16-7-6-8-17(22)11-16/h6-8,11,18,24H,4-5,9-10,12H2,1-3H3,(H,23,27). The highest BCUT2D eigenvalue weighted by Gasteiger charge is 2.25. The van der Waals surface area contributed by atoms with Crippen LogP contribution in [0.1, 0.15) is 63.5 Å². The second kappa shape index (κ2) is 8.28. The van der Waals surface area contributed by atoms with Crippen LogP contribution in [0, 0.1) is 13.8 Å². The van der Waals surface area contributed by atoms with Crippen molar-refractivity contribution >= 4 is 23.3 Å². The summed E-state index contributed by atoms with van der Waals surface area (Å²) in [7, 11) is 0. The van der Waals surface area contributed by atoms with E-state index in [1.165, 1.54) is 19.8 Å². The zero-order valence-electron chi connectivity index (χ0n) is 16.1. The molecule has 0 radical (unpaired) electrons. The molecule has 0 aliphatic carbocycles. The van der Waals surface area contributed by atoms with Crippen LogP contribution in [-0.2, 0) is 0 Å². The Labute approximate surface area is 165 Å². The first-order valence-corrected chi connectivity index (χ1v) is 9.74. The van der Waals surface area contributed by atoms with Crippen LogP contribution >= 0.6 is 11.6 Å². The number of aromatic amines is 1. The predicted octanol–water partition coefficient (Wildman–Crippen LogP) is 4.05. The minimum absolute atomic E-state index is 0.0332. The van der Waals surface area contributed by atoms with Gasteiger partial charge in [0.1, 0.15) is 5.69 Å². The number of benzene rings is 1. The average molecular weight is 388 g/mol. The zero-order chi connectivity index (χ0) is 19.6. The summed E-state index contributed by atoms with van der Waals surface area (Å²) in [5.41, 5.74) is 3.61. The van der Waals surface area contributed by atoms with Gasteiger partial charge in [-0.2, -0.15) is 0 Å². The lowest BCUT2D eigenvalue weighted by Crippen LogP contribution is -2.37. The first-order chi connectivity index (χ1) is 12.9. The fourth-order valence-corrected chi connectivity index (χ4v) is 4.21. The maximum absolute atomic E-state index is 12.8. The molecule has 144 valence electrons. The Kier molecular flexibility index (Phi) is 6.02. The van der Waals surface area contributed by atoms with Gasteiger partial charge in [-0.3, -0.25) is 14.5 Å². The number of amides is 1. The lowest BCUT2D eigenvalue weighted by atomic mass is 10.0. The van der Waals surface area contributed by atoms with Crippen LogP contribution in [0.5, 0.6) is 0 Å². The molecule has 1 aliphatic rings. The molecule has 2 N–H and O–H groups in total. The minimum atomic E-state index is -0.186. The topological polar surface area (TPSA) is 65.2 Å². The molecule has 0 saturated carbocycles. The number of carbonyl (C=O) groups excluding carboxylic acids is 2. The highest BCUT2D eigenvalue weighted by atomic mass is 35.5. The number of aromatic nitrogens is 1. The molecule has 5 nitrogen and oxygen atoms in total. The van der Waals surface area contributed by atoms with E-state index in [4.69, 9.17) is 11.6 Å². The highest BCUT2D eigenvalue weighted by Crippen LogP contribution is 2.27. The van der Waals surface area contributed by atoms with E-state index in [9.17, 15) is 9.59 Å². The molecule has 1 unspecified atom stereocenters. The van der Waals surface area contributed by atoms with E-state index in [0.717, 1.165) is 24.3 Å². The monoisotopic (exact) mass is 387 g/mol. The number of nitrogens with zero attached hydrogens (tertiary/aromatic N) is 1. The molecule has 1 atom stereocenters. The van der Waals surface area contributed by atoms with Crippen molar-refractivity contribution in [3.8, 4) is 0 Å². The largest absolute Gasteiger partial charge is 0.354 e. The third-order valence-corrected chi connectivity index (χ3v) is 5.52. The van der Waals surface area contributed by atoms with Gasteiger partial charge in [-0.25, -0.2) is 0 Å². The summed E-state index contributed by atoms with van der Waals surface area (Å²) in [5.74, 6) is -0.219. The Morgan fingerprint density at radius 1 is 1.26 bits per heavy atom. The summed E-state index contributed by atoms with van der Waals surface area (Å²) in [6.07, 6.45) is 2.34. The van der Waals surface area contributed by atoms with Gasteiger partial charge in [-0.1, -0.05) is 23.7 Å². The summed E-state index contributed by atoms with van der Waals surface area (Å²) < 4.78 is 0. The van der Waals surface area contributed by atoms with Gasteiger partial charge in [0, 0.05) is 22.8 Å². The van der Waals surface area contributed by atoms with Crippen molar-refractivity contribution in [1.82, 2.24) is 15.2 Å². The Bertz CT molecular complexity index is 853. The van der Waals surface area contributed by atoms with Crippen LogP contribution in [0.25, 0.3) is 0 Å². The number of H-pyrrole nitrogens is 1. The molecule has 27 heavy (non-hydrogen) atoms. The van der Waals surface area contributed by atoms with Gasteiger partial charge in [0.2, 0.25) is 0 Å². The quantitative estimate of drug-likeness (QED) is 0.735. The Morgan fingerprint density at radius 2 is 1.96 bits per heavy atom. The first-order valence-electron chi connectivity index (χ1n) is 9.36. The lowest BCUT2D eigenvalue weighted by Gasteiger charge is -2.28. The average Bonchev–Trinajstić information content (AvgIpc) is 3.23. The molecule has 2 aromatic rings. The van der Waals surface area contributed by atoms with Crippen molar-refractivity contribution < 1.29 is 9.59 Å². The molecule has 1 aliphatic heterocycles. The number of carbonyl (C=O) groups is 2. The predicted molar refractivity (Wildman–Crippen MR) is 108 cm³/mol. The fraction of sp³-hybridized carbons (Fsp3) is 0.429. The summed E-state index contributed by atoms with van der Waals surface area (Å²) in [5, 5.41) is 3.75. The Morgan fingerprint density at radius 3 is 2.56 bits per heavy atom. The van der Waals surface area contributed by atoms with Crippen molar-refractivity contribution in [2.24, 2.45) is 0 Å². The SMILES string of the molecule is CC(=O)c1c(C)[nH]c(C(=O)NCC(c2cccc(Cl)c2)N2CCCC2)c1C. The van der Waals surface area contributed by atoms with Gasteiger partial charge in [0.05, 0.1) is 6.04 Å². The zero-order valence-corrected chi connectivity index (χ0v) is 16.8. The molecular formula is C21H26ClN3O2. The fourth-order valence-electron chi connectivity index (χ4n) is 4.01. The molecule has 3 rings (SSSR count). The number of aryl methyl sites for hydroxylation is 1. The highest BCUT2D eigenvalue weighted by molar-refractivity contribution is 6.30. The number of rotatable bonds is 6. The van der Waals surface area contributed by atoms with E-state index in [1.807, 2.05) is 32.0 Å². The molecule has 0 spiro atoms. The summed E-state index contributed by atoms with van der Waals surface area (Å²) in [6.45, 7) is 7.67. The van der Waals surface area contributed by atoms with Crippen LogP contribution in [0.3, 0.4) is 0 Å². The maximum atomic E-state index is 12.8. The van der Waals surface area contributed by atoms with Gasteiger partial charge in [-0.05, 0) is 70.0 Å². The maximum Gasteiger partial charge on any atom is 0.268 e. The number of hydrogen-bond acceptors (Lipinski definition) is 3. The van der Waals surface area contributed by atoms with Crippen LogP contribution in [-0.4, -0.2) is 41.2 Å². The molecule has 1 aromatic heterocycles. The van der Waals surface area contributed by atoms with E-state index in [1.54, 1.807) is 0 Å². The Hall–Kier alpha value is -2.11. The van der Waals surface area contributed by atoms with Crippen molar-refractivity contribution in [1.29, 1.82) is 0 Å². The van der Waals surface area contributed by atoms with Gasteiger partial charge in [0.25, 0.3) is 5.91 Å². The van der Waals surface area contributed by atoms with Gasteiger partial charge >= 0.3 is 0 Å². The van der Waals surface area contributed by atoms with Gasteiger partial charge in [-0.15, -0.1) is 0 Å². The molecule has 6 heteroatoms. The van der Waals surface area contributed by atoms with Crippen LogP contribution in [0.2, 0.25) is 5.02 Å². The van der Waals surface area contributed by atoms with E-state index in [-0.39, 0.29) is 17.7 Å². The van der Waals surface area contributed by atoms with Crippen LogP contribution in [0.15, 0.2) is 24.3 Å². The third kappa shape index (κ3) is 4.25. The number of nitrogens with one attached hydrogen (secondary N) is 2. The molecule has 1 fully saturated rings. The number of halogens is 1. The second-order valence-corrected chi connectivity index (χ2v) is 7.64. The first kappa shape index (κ1) is 19.6. The summed E-state index contributed by atoms with van der Waals surface area (Å²) in [6, 6.07) is 7.91. The van der Waals surface area contributed by atoms with Crippen molar-refractivity contribution in [3.63, 3.8) is 0 Å². The van der Waals surface area contributed by atoms with Crippen LogP contribution < -0.4 is 5.32 Å². The minimum Gasteiger partial charge on any atom is -0.354 e. The lowest BCUT2D eigenvalue weighted by molar-refractivity contribution is 0.0932. The number of hydrogen-bond donors (Lipinski definition) is 2. The molecule has 1 saturated heterocycles. The van der Waals surface area contributed by atoms with E-state index in [2.05, 4.69) is 21.3 Å². The molecule has 0 bridgehead atoms.